The number of hydrogen-bond acceptors (Lipinski definition) is 2. The van der Waals surface area contributed by atoms with E-state index < -0.39 is 11.4 Å². The topological polar surface area (TPSA) is 46.5 Å². The Morgan fingerprint density at radius 3 is 2.67 bits per heavy atom. The second kappa shape index (κ2) is 3.52. The van der Waals surface area contributed by atoms with Gasteiger partial charge in [-0.25, -0.2) is 0 Å². The predicted octanol–water partition coefficient (Wildman–Crippen LogP) is 2.57. The number of methoxy groups -OCH3 is 1. The lowest BCUT2D eigenvalue weighted by molar-refractivity contribution is -0.140. The molecule has 0 amide bonds. The van der Waals surface area contributed by atoms with Crippen molar-refractivity contribution in [2.75, 3.05) is 7.11 Å². The van der Waals surface area contributed by atoms with Crippen LogP contribution in [0.15, 0.2) is 22.7 Å². The van der Waals surface area contributed by atoms with E-state index >= 15 is 0 Å². The molecule has 2 rings (SSSR count). The minimum absolute atomic E-state index is 0.636. The highest BCUT2D eigenvalue weighted by Crippen LogP contribution is 2.52. The van der Waals surface area contributed by atoms with Gasteiger partial charge in [0, 0.05) is 5.56 Å². The molecule has 0 aliphatic heterocycles. The Balaban J connectivity index is 2.53. The molecule has 1 aliphatic carbocycles. The maximum atomic E-state index is 11.2. The van der Waals surface area contributed by atoms with Crippen LogP contribution in [-0.4, -0.2) is 18.2 Å². The van der Waals surface area contributed by atoms with Crippen LogP contribution in [0.25, 0.3) is 0 Å². The number of carboxylic acid groups (broad SMARTS) is 1. The van der Waals surface area contributed by atoms with Crippen molar-refractivity contribution in [1.82, 2.24) is 0 Å². The van der Waals surface area contributed by atoms with Gasteiger partial charge < -0.3 is 9.84 Å². The Hall–Kier alpha value is -1.03. The van der Waals surface area contributed by atoms with E-state index in [0.29, 0.717) is 18.6 Å². The molecular weight excluding hydrogens is 260 g/mol. The van der Waals surface area contributed by atoms with Crippen LogP contribution in [0, 0.1) is 0 Å². The summed E-state index contributed by atoms with van der Waals surface area (Å²) in [7, 11) is 1.56. The third-order valence-electron chi connectivity index (χ3n) is 2.85. The second-order valence-corrected chi connectivity index (χ2v) is 4.56. The number of aliphatic carboxylic acids is 1. The van der Waals surface area contributed by atoms with Crippen molar-refractivity contribution in [3.63, 3.8) is 0 Å². The second-order valence-electron chi connectivity index (χ2n) is 3.71. The summed E-state index contributed by atoms with van der Waals surface area (Å²) in [5.41, 5.74) is 0.0571. The maximum Gasteiger partial charge on any atom is 0.314 e. The number of hydrogen-bond donors (Lipinski definition) is 1. The molecule has 1 aromatic carbocycles. The molecule has 15 heavy (non-hydrogen) atoms. The number of rotatable bonds is 3. The van der Waals surface area contributed by atoms with Crippen molar-refractivity contribution in [3.05, 3.63) is 28.2 Å². The lowest BCUT2D eigenvalue weighted by Gasteiger charge is -2.15. The predicted molar refractivity (Wildman–Crippen MR) is 59.2 cm³/mol. The van der Waals surface area contributed by atoms with Gasteiger partial charge in [0.05, 0.1) is 17.0 Å². The summed E-state index contributed by atoms with van der Waals surface area (Å²) in [6.45, 7) is 0. The van der Waals surface area contributed by atoms with Gasteiger partial charge in [0.2, 0.25) is 0 Å². The SMILES string of the molecule is COc1c(Br)cccc1C1(C(=O)O)CC1. The maximum absolute atomic E-state index is 11.2. The Labute approximate surface area is 96.2 Å². The monoisotopic (exact) mass is 270 g/mol. The largest absolute Gasteiger partial charge is 0.495 e. The highest BCUT2D eigenvalue weighted by atomic mass is 79.9. The number of carboxylic acids is 1. The molecule has 1 aromatic rings. The minimum atomic E-state index is -0.765. The summed E-state index contributed by atoms with van der Waals surface area (Å²) in [6, 6.07) is 5.51. The van der Waals surface area contributed by atoms with Crippen LogP contribution in [0.3, 0.4) is 0 Å². The van der Waals surface area contributed by atoms with E-state index in [1.54, 1.807) is 7.11 Å². The molecule has 0 unspecified atom stereocenters. The molecule has 4 heteroatoms. The summed E-state index contributed by atoms with van der Waals surface area (Å²) in [6.07, 6.45) is 1.38. The van der Waals surface area contributed by atoms with Crippen molar-refractivity contribution in [2.24, 2.45) is 0 Å². The molecule has 0 radical (unpaired) electrons. The summed E-state index contributed by atoms with van der Waals surface area (Å²) < 4.78 is 6.04. The zero-order valence-corrected chi connectivity index (χ0v) is 9.87. The standard InChI is InChI=1S/C11H11BrO3/c1-15-9-7(3-2-4-8(9)12)11(5-6-11)10(13)14/h2-4H,5-6H2,1H3,(H,13,14). The van der Waals surface area contributed by atoms with Crippen LogP contribution in [0.5, 0.6) is 5.75 Å². The Morgan fingerprint density at radius 1 is 1.53 bits per heavy atom. The highest BCUT2D eigenvalue weighted by Gasteiger charge is 2.53. The molecule has 3 nitrogen and oxygen atoms in total. The molecule has 0 saturated heterocycles. The average molecular weight is 271 g/mol. The number of halogens is 1. The van der Waals surface area contributed by atoms with Crippen LogP contribution in [-0.2, 0) is 10.2 Å². The number of carbonyl (C=O) groups is 1. The third kappa shape index (κ3) is 1.53. The van der Waals surface area contributed by atoms with Crippen LogP contribution in [0.4, 0.5) is 0 Å². The molecule has 1 saturated carbocycles. The molecule has 0 spiro atoms. The summed E-state index contributed by atoms with van der Waals surface area (Å²) in [5.74, 6) is -0.128. The van der Waals surface area contributed by atoms with Gasteiger partial charge in [-0.15, -0.1) is 0 Å². The van der Waals surface area contributed by atoms with Gasteiger partial charge in [-0.2, -0.15) is 0 Å². The average Bonchev–Trinajstić information content (AvgIpc) is 2.98. The van der Waals surface area contributed by atoms with Crippen molar-refractivity contribution >= 4 is 21.9 Å². The molecule has 0 atom stereocenters. The lowest BCUT2D eigenvalue weighted by atomic mass is 9.95. The molecule has 80 valence electrons. The van der Waals surface area contributed by atoms with Crippen molar-refractivity contribution in [3.8, 4) is 5.75 Å². The number of para-hydroxylation sites is 1. The minimum Gasteiger partial charge on any atom is -0.495 e. The molecule has 1 N–H and O–H groups in total. The van der Waals surface area contributed by atoms with Crippen LogP contribution >= 0.6 is 15.9 Å². The molecule has 0 bridgehead atoms. The van der Waals surface area contributed by atoms with E-state index in [-0.39, 0.29) is 0 Å². The van der Waals surface area contributed by atoms with Crippen molar-refractivity contribution in [1.29, 1.82) is 0 Å². The first-order chi connectivity index (χ1) is 7.12. The van der Waals surface area contributed by atoms with Gasteiger partial charge in [0.25, 0.3) is 0 Å². The first-order valence-corrected chi connectivity index (χ1v) is 5.47. The van der Waals surface area contributed by atoms with Gasteiger partial charge in [-0.1, -0.05) is 12.1 Å². The summed E-state index contributed by atoms with van der Waals surface area (Å²) in [5, 5.41) is 9.20. The van der Waals surface area contributed by atoms with E-state index in [9.17, 15) is 9.90 Å². The van der Waals surface area contributed by atoms with E-state index in [1.807, 2.05) is 18.2 Å². The zero-order valence-electron chi connectivity index (χ0n) is 8.29. The van der Waals surface area contributed by atoms with Gasteiger partial charge in [0.15, 0.2) is 0 Å². The van der Waals surface area contributed by atoms with E-state index in [4.69, 9.17) is 4.74 Å². The molecule has 0 heterocycles. The van der Waals surface area contributed by atoms with Crippen molar-refractivity contribution < 1.29 is 14.6 Å². The molecule has 1 fully saturated rings. The normalized spacial score (nSPS) is 17.2. The van der Waals surface area contributed by atoms with Gasteiger partial charge in [-0.3, -0.25) is 4.79 Å². The van der Waals surface area contributed by atoms with E-state index in [1.165, 1.54) is 0 Å². The van der Waals surface area contributed by atoms with Gasteiger partial charge in [-0.05, 0) is 34.8 Å². The summed E-state index contributed by atoms with van der Waals surface area (Å²) in [4.78, 5) is 11.2. The van der Waals surface area contributed by atoms with Crippen LogP contribution in [0.1, 0.15) is 18.4 Å². The molecule has 1 aliphatic rings. The number of benzene rings is 1. The molecule has 0 aromatic heterocycles. The zero-order chi connectivity index (χ0) is 11.1. The first kappa shape index (κ1) is 10.5. The van der Waals surface area contributed by atoms with E-state index in [0.717, 1.165) is 10.0 Å². The smallest absolute Gasteiger partial charge is 0.314 e. The Kier molecular flexibility index (Phi) is 2.46. The Bertz CT molecular complexity index is 410. The van der Waals surface area contributed by atoms with E-state index in [2.05, 4.69) is 15.9 Å². The third-order valence-corrected chi connectivity index (χ3v) is 3.47. The van der Waals surface area contributed by atoms with Crippen LogP contribution < -0.4 is 4.74 Å². The fraction of sp³-hybridized carbons (Fsp3) is 0.364. The van der Waals surface area contributed by atoms with Crippen molar-refractivity contribution in [2.45, 2.75) is 18.3 Å². The van der Waals surface area contributed by atoms with Crippen LogP contribution in [0.2, 0.25) is 0 Å². The fourth-order valence-corrected chi connectivity index (χ4v) is 2.34. The molecular formula is C11H11BrO3. The fourth-order valence-electron chi connectivity index (χ4n) is 1.82. The lowest BCUT2D eigenvalue weighted by Crippen LogP contribution is -2.20. The summed E-state index contributed by atoms with van der Waals surface area (Å²) >= 11 is 3.36. The van der Waals surface area contributed by atoms with Gasteiger partial charge in [0.1, 0.15) is 5.75 Å². The first-order valence-electron chi connectivity index (χ1n) is 4.68. The van der Waals surface area contributed by atoms with Gasteiger partial charge >= 0.3 is 5.97 Å². The highest BCUT2D eigenvalue weighted by molar-refractivity contribution is 9.10. The Morgan fingerprint density at radius 2 is 2.20 bits per heavy atom. The number of ether oxygens (including phenoxy) is 1. The quantitative estimate of drug-likeness (QED) is 0.919.